The van der Waals surface area contributed by atoms with E-state index in [9.17, 15) is 0 Å². The first kappa shape index (κ1) is 15.9. The molecule has 3 nitrogen and oxygen atoms in total. The summed E-state index contributed by atoms with van der Waals surface area (Å²) in [5.74, 6) is 0. The van der Waals surface area contributed by atoms with Gasteiger partial charge in [0.25, 0.3) is 0 Å². The van der Waals surface area contributed by atoms with Crippen molar-refractivity contribution in [2.24, 2.45) is 0 Å². The second-order valence-corrected chi connectivity index (χ2v) is 0.567. The summed E-state index contributed by atoms with van der Waals surface area (Å²) < 4.78 is 25.2. The van der Waals surface area contributed by atoms with Crippen LogP contribution in [0.4, 0.5) is 0 Å². The van der Waals surface area contributed by atoms with Crippen molar-refractivity contribution < 1.29 is 76.1 Å². The molecule has 0 unspecified atom stereocenters. The number of hydrogen-bond donors (Lipinski definition) is 0. The fourth-order valence-corrected chi connectivity index (χ4v) is 0. The third-order valence-electron chi connectivity index (χ3n) is 0. The van der Waals surface area contributed by atoms with Gasteiger partial charge in [-0.15, -0.1) is 0 Å². The van der Waals surface area contributed by atoms with Gasteiger partial charge in [0.1, 0.15) is 0 Å². The van der Waals surface area contributed by atoms with Crippen LogP contribution in [0.25, 0.3) is 0 Å². The zero-order valence-corrected chi connectivity index (χ0v) is 6.48. The van der Waals surface area contributed by atoms with Crippen molar-refractivity contribution in [3.8, 4) is 0 Å². The molecular formula is HClKNaO3. The Morgan fingerprint density at radius 3 is 1.00 bits per heavy atom. The van der Waals surface area contributed by atoms with Crippen LogP contribution in [-0.2, 0) is 0 Å². The van der Waals surface area contributed by atoms with Gasteiger partial charge in [0.05, 0.1) is 10.8 Å². The monoisotopic (exact) mass is 146 g/mol. The molecule has 0 saturated carbocycles. The van der Waals surface area contributed by atoms with E-state index in [0.717, 1.165) is 0 Å². The van der Waals surface area contributed by atoms with Gasteiger partial charge in [-0.05, 0) is 0 Å². The van der Waals surface area contributed by atoms with Gasteiger partial charge in [0.15, 0.2) is 0 Å². The second-order valence-electron chi connectivity index (χ2n) is 0.189. The van der Waals surface area contributed by atoms with Gasteiger partial charge >= 0.3 is 80.9 Å². The predicted octanol–water partition coefficient (Wildman–Crippen LogP) is -7.21. The van der Waals surface area contributed by atoms with Crippen molar-refractivity contribution >= 4 is 29.6 Å². The first-order valence-corrected chi connectivity index (χ1v) is 1.39. The summed E-state index contributed by atoms with van der Waals surface area (Å²) in [6, 6.07) is 0. The van der Waals surface area contributed by atoms with Crippen molar-refractivity contribution in [2.45, 2.75) is 0 Å². The van der Waals surface area contributed by atoms with Crippen LogP contribution >= 0.6 is 0 Å². The largest absolute Gasteiger partial charge is 0.357 e. The van der Waals surface area contributed by atoms with Crippen molar-refractivity contribution in [1.82, 2.24) is 0 Å². The summed E-state index contributed by atoms with van der Waals surface area (Å²) in [5.41, 5.74) is 0. The Morgan fingerprint density at radius 2 is 1.00 bits per heavy atom. The molecule has 0 N–H and O–H groups in total. The molecule has 0 saturated heterocycles. The first-order valence-electron chi connectivity index (χ1n) is 0.463. The van der Waals surface area contributed by atoms with Crippen molar-refractivity contribution in [2.75, 3.05) is 0 Å². The minimum Gasteiger partial charge on any atom is -0.357 e. The molecule has 6 heavy (non-hydrogen) atoms. The maximum absolute atomic E-state index is 8.41. The van der Waals surface area contributed by atoms with Gasteiger partial charge in [-0.3, -0.25) is 0 Å². The Balaban J connectivity index is -0.0000000450. The fraction of sp³-hybridized carbons (Fsp3) is 0. The molecule has 0 aromatic rings. The summed E-state index contributed by atoms with van der Waals surface area (Å²) in [6.07, 6.45) is 0. The van der Waals surface area contributed by atoms with Crippen LogP contribution in [0.1, 0.15) is 0 Å². The van der Waals surface area contributed by atoms with Gasteiger partial charge in [0, 0.05) is 0 Å². The Labute approximate surface area is 103 Å². The zero-order chi connectivity index (χ0) is 3.58. The Morgan fingerprint density at radius 1 is 1.00 bits per heavy atom. The van der Waals surface area contributed by atoms with Crippen LogP contribution in [-0.4, -0.2) is 29.6 Å². The Kier molecular flexibility index (Phi) is 28.5. The summed E-state index contributed by atoms with van der Waals surface area (Å²) in [5, 5.41) is 0. The molecule has 0 aliphatic heterocycles. The van der Waals surface area contributed by atoms with Crippen LogP contribution in [0.2, 0.25) is 0 Å². The molecule has 28 valence electrons. The van der Waals surface area contributed by atoms with Gasteiger partial charge in [-0.25, -0.2) is 0 Å². The molecule has 0 spiro atoms. The minimum absolute atomic E-state index is 0. The molecule has 0 aliphatic rings. The third-order valence-corrected chi connectivity index (χ3v) is 0. The van der Waals surface area contributed by atoms with E-state index in [-0.39, 0.29) is 80.9 Å². The summed E-state index contributed by atoms with van der Waals surface area (Å²) >= 11 is 0. The molecule has 0 atom stereocenters. The topological polar surface area (TPSA) is 69.2 Å². The molecule has 0 bridgehead atoms. The van der Waals surface area contributed by atoms with E-state index in [4.69, 9.17) is 14.0 Å². The normalized spacial score (nSPS) is 6.00. The van der Waals surface area contributed by atoms with Crippen molar-refractivity contribution in [3.63, 3.8) is 0 Å². The zero-order valence-electron chi connectivity index (χ0n) is 2.60. The molecule has 0 heterocycles. The van der Waals surface area contributed by atoms with E-state index in [1.54, 1.807) is 0 Å². The second kappa shape index (κ2) is 10.7. The molecule has 0 aromatic heterocycles. The van der Waals surface area contributed by atoms with Crippen LogP contribution in [0, 0.1) is 10.8 Å². The first-order chi connectivity index (χ1) is 1.73. The average molecular weight is 147 g/mol. The van der Waals surface area contributed by atoms with E-state index in [2.05, 4.69) is 0 Å². The van der Waals surface area contributed by atoms with Crippen molar-refractivity contribution in [1.29, 1.82) is 0 Å². The van der Waals surface area contributed by atoms with E-state index >= 15 is 0 Å². The predicted molar refractivity (Wildman–Crippen MR) is 7.15 cm³/mol. The van der Waals surface area contributed by atoms with Gasteiger partial charge in [-0.1, -0.05) is 0 Å². The van der Waals surface area contributed by atoms with Crippen LogP contribution in [0.5, 0.6) is 0 Å². The average Bonchev–Trinajstić information content (AvgIpc) is 0.811. The van der Waals surface area contributed by atoms with Gasteiger partial charge in [-0.2, -0.15) is 0 Å². The maximum atomic E-state index is 8.41. The summed E-state index contributed by atoms with van der Waals surface area (Å²) in [7, 11) is -2.85. The molecule has 0 amide bonds. The molecular weight excluding hydrogens is 146 g/mol. The minimum atomic E-state index is -2.85. The number of rotatable bonds is 0. The number of hydrogen-bond acceptors (Lipinski definition) is 3. The Hall–Kier alpha value is 2.81. The quantitative estimate of drug-likeness (QED) is 0.319. The molecule has 0 rings (SSSR count). The fourth-order valence-electron chi connectivity index (χ4n) is 0. The van der Waals surface area contributed by atoms with E-state index < -0.39 is 10.8 Å². The number of halogens is 1. The smallest absolute Gasteiger partial charge is 0.0695 e. The summed E-state index contributed by atoms with van der Waals surface area (Å²) in [6.45, 7) is 0. The molecule has 6 heteroatoms. The van der Waals surface area contributed by atoms with E-state index in [1.807, 2.05) is 0 Å². The van der Waals surface area contributed by atoms with E-state index in [1.165, 1.54) is 0 Å². The third kappa shape index (κ3) is 29.1. The summed E-state index contributed by atoms with van der Waals surface area (Å²) in [4.78, 5) is 0. The molecule has 0 aromatic carbocycles. The SMILES string of the molecule is [K+].[NaH].[O-][Cl+2]([O-])[O-]. The molecule has 0 fully saturated rings. The standard InChI is InChI=1S/ClO3.K.Na.H/c2-1(3)4;;;/q-1;+1;;. The van der Waals surface area contributed by atoms with Gasteiger partial charge in [0.2, 0.25) is 0 Å². The van der Waals surface area contributed by atoms with Crippen LogP contribution < -0.4 is 65.4 Å². The van der Waals surface area contributed by atoms with Crippen molar-refractivity contribution in [3.05, 3.63) is 0 Å². The van der Waals surface area contributed by atoms with Crippen LogP contribution in [0.3, 0.4) is 0 Å². The maximum Gasteiger partial charge on any atom is 0.0695 e. The van der Waals surface area contributed by atoms with Crippen LogP contribution in [0.15, 0.2) is 0 Å². The van der Waals surface area contributed by atoms with Gasteiger partial charge < -0.3 is 14.0 Å². The molecule has 0 aliphatic carbocycles. The van der Waals surface area contributed by atoms with E-state index in [0.29, 0.717) is 0 Å². The Bertz CT molecular complexity index is 15.5. The molecule has 0 radical (unpaired) electrons.